The zero-order chi connectivity index (χ0) is 16.0. The van der Waals surface area contributed by atoms with Gasteiger partial charge < -0.3 is 19.1 Å². The molecule has 1 rings (SSSR count). The second-order valence-electron chi connectivity index (χ2n) is 5.80. The Balaban J connectivity index is 2.86. The Kier molecular flexibility index (Phi) is 5.72. The smallest absolute Gasteiger partial charge is 0.342 e. The summed E-state index contributed by atoms with van der Waals surface area (Å²) in [7, 11) is 7.19. The molecule has 1 aromatic rings. The minimum absolute atomic E-state index is 0.226. The Labute approximate surface area is 124 Å². The zero-order valence-corrected chi connectivity index (χ0v) is 12.8. The van der Waals surface area contributed by atoms with Gasteiger partial charge in [0.15, 0.2) is 6.10 Å². The molecule has 0 amide bonds. The molecule has 1 unspecified atom stereocenters. The van der Waals surface area contributed by atoms with Crippen LogP contribution in [0.3, 0.4) is 0 Å². The van der Waals surface area contributed by atoms with Crippen molar-refractivity contribution in [1.82, 2.24) is 0 Å². The van der Waals surface area contributed by atoms with Gasteiger partial charge in [-0.25, -0.2) is 4.79 Å². The molecule has 1 atom stereocenters. The van der Waals surface area contributed by atoms with E-state index >= 15 is 0 Å². The lowest BCUT2D eigenvalue weighted by molar-refractivity contribution is -0.873. The first kappa shape index (κ1) is 17.0. The number of carboxylic acids is 1. The Morgan fingerprint density at radius 2 is 1.86 bits per heavy atom. The lowest BCUT2D eigenvalue weighted by Crippen LogP contribution is -2.43. The van der Waals surface area contributed by atoms with Gasteiger partial charge in [-0.1, -0.05) is 12.1 Å². The minimum atomic E-state index is -0.999. The lowest BCUT2D eigenvalue weighted by Gasteiger charge is -2.28. The molecule has 1 N–H and O–H groups in total. The van der Waals surface area contributed by atoms with E-state index in [-0.39, 0.29) is 12.0 Å². The van der Waals surface area contributed by atoms with Crippen LogP contribution < -0.4 is 4.74 Å². The highest BCUT2D eigenvalue weighted by Gasteiger charge is 2.26. The molecular weight excluding hydrogens is 274 g/mol. The van der Waals surface area contributed by atoms with E-state index in [1.54, 1.807) is 24.3 Å². The van der Waals surface area contributed by atoms with E-state index in [1.807, 2.05) is 21.1 Å². The number of ether oxygens (including phenoxy) is 2. The van der Waals surface area contributed by atoms with Crippen LogP contribution in [-0.2, 0) is 9.53 Å². The molecule has 21 heavy (non-hydrogen) atoms. The van der Waals surface area contributed by atoms with Gasteiger partial charge in [0.25, 0.3) is 0 Å². The second kappa shape index (κ2) is 7.08. The number of carboxylic acid groups (broad SMARTS) is 1. The fraction of sp³-hybridized carbons (Fsp3) is 0.467. The monoisotopic (exact) mass is 296 g/mol. The van der Waals surface area contributed by atoms with Crippen molar-refractivity contribution in [2.24, 2.45) is 0 Å². The Morgan fingerprint density at radius 1 is 1.24 bits per heavy atom. The maximum Gasteiger partial charge on any atom is 0.342 e. The molecule has 0 heterocycles. The predicted molar refractivity (Wildman–Crippen MR) is 77.3 cm³/mol. The maximum atomic E-state index is 12.2. The highest BCUT2D eigenvalue weighted by molar-refractivity contribution is 5.92. The van der Waals surface area contributed by atoms with Gasteiger partial charge in [0.2, 0.25) is 0 Å². The average molecular weight is 296 g/mol. The Hall–Kier alpha value is -2.08. The van der Waals surface area contributed by atoms with Gasteiger partial charge in [-0.15, -0.1) is 0 Å². The van der Waals surface area contributed by atoms with Crippen molar-refractivity contribution in [2.45, 2.75) is 12.5 Å². The number of esters is 1. The van der Waals surface area contributed by atoms with E-state index in [2.05, 4.69) is 0 Å². The summed E-state index contributed by atoms with van der Waals surface area (Å²) in [5, 5.41) is 8.94. The van der Waals surface area contributed by atoms with E-state index in [0.29, 0.717) is 16.8 Å². The fourth-order valence-corrected chi connectivity index (χ4v) is 1.98. The van der Waals surface area contributed by atoms with Gasteiger partial charge in [0, 0.05) is 0 Å². The number of likely N-dealkylation sites (N-methyl/N-ethyl adjacent to an activating group) is 1. The molecule has 0 aliphatic heterocycles. The lowest BCUT2D eigenvalue weighted by atomic mass is 10.2. The molecule has 0 aliphatic carbocycles. The molecule has 0 radical (unpaired) electrons. The summed E-state index contributed by atoms with van der Waals surface area (Å²) in [5.41, 5.74) is 0.289. The topological polar surface area (TPSA) is 72.8 Å². The number of benzene rings is 1. The average Bonchev–Trinajstić information content (AvgIpc) is 2.35. The first-order valence-electron chi connectivity index (χ1n) is 6.59. The van der Waals surface area contributed by atoms with Crippen LogP contribution in [0.15, 0.2) is 24.3 Å². The van der Waals surface area contributed by atoms with Crippen LogP contribution in [0.2, 0.25) is 0 Å². The van der Waals surface area contributed by atoms with Crippen molar-refractivity contribution in [3.05, 3.63) is 29.8 Å². The number of carbonyl (C=O) groups excluding carboxylic acids is 1. The second-order valence-corrected chi connectivity index (χ2v) is 5.80. The van der Waals surface area contributed by atoms with Crippen LogP contribution in [0.5, 0.6) is 5.75 Å². The quantitative estimate of drug-likeness (QED) is 0.608. The molecule has 0 saturated heterocycles. The highest BCUT2D eigenvalue weighted by atomic mass is 16.5. The van der Waals surface area contributed by atoms with Crippen molar-refractivity contribution < 1.29 is 28.7 Å². The first-order valence-corrected chi connectivity index (χ1v) is 6.59. The van der Waals surface area contributed by atoms with Gasteiger partial charge in [0.05, 0.1) is 34.7 Å². The van der Waals surface area contributed by atoms with E-state index in [1.165, 1.54) is 7.11 Å². The highest BCUT2D eigenvalue weighted by Crippen LogP contribution is 2.19. The third-order valence-electron chi connectivity index (χ3n) is 2.75. The van der Waals surface area contributed by atoms with Gasteiger partial charge >= 0.3 is 11.9 Å². The molecule has 116 valence electrons. The number of carbonyl (C=O) groups is 2. The summed E-state index contributed by atoms with van der Waals surface area (Å²) >= 11 is 0. The molecule has 0 aliphatic rings. The molecule has 0 spiro atoms. The third kappa shape index (κ3) is 5.83. The summed E-state index contributed by atoms with van der Waals surface area (Å²) in [6.07, 6.45) is -0.920. The number of hydrogen-bond acceptors (Lipinski definition) is 4. The van der Waals surface area contributed by atoms with Crippen LogP contribution in [0.4, 0.5) is 0 Å². The van der Waals surface area contributed by atoms with Crippen LogP contribution in [0.25, 0.3) is 0 Å². The van der Waals surface area contributed by atoms with Gasteiger partial charge in [0.1, 0.15) is 17.9 Å². The fourth-order valence-electron chi connectivity index (χ4n) is 1.98. The minimum Gasteiger partial charge on any atom is -0.496 e. The van der Waals surface area contributed by atoms with Gasteiger partial charge in [-0.05, 0) is 12.1 Å². The summed E-state index contributed by atoms with van der Waals surface area (Å²) < 4.78 is 11.0. The molecule has 0 bridgehead atoms. The number of hydrogen-bond donors (Lipinski definition) is 1. The normalized spacial score (nSPS) is 12.6. The molecule has 6 nitrogen and oxygen atoms in total. The maximum absolute atomic E-state index is 12.2. The summed E-state index contributed by atoms with van der Waals surface area (Å²) in [6.45, 7) is 0.410. The van der Waals surface area contributed by atoms with Crippen molar-refractivity contribution in [3.63, 3.8) is 0 Å². The van der Waals surface area contributed by atoms with Gasteiger partial charge in [-0.3, -0.25) is 4.79 Å². The third-order valence-corrected chi connectivity index (χ3v) is 2.75. The molecule has 6 heteroatoms. The van der Waals surface area contributed by atoms with E-state index in [9.17, 15) is 9.59 Å². The number of aliphatic carboxylic acids is 1. The van der Waals surface area contributed by atoms with E-state index < -0.39 is 18.0 Å². The largest absolute Gasteiger partial charge is 0.496 e. The van der Waals surface area contributed by atoms with E-state index in [4.69, 9.17) is 14.6 Å². The zero-order valence-electron chi connectivity index (χ0n) is 12.8. The van der Waals surface area contributed by atoms with Crippen molar-refractivity contribution >= 4 is 11.9 Å². The summed E-state index contributed by atoms with van der Waals surface area (Å²) in [6, 6.07) is 6.69. The van der Waals surface area contributed by atoms with Crippen LogP contribution in [-0.4, -0.2) is 62.4 Å². The van der Waals surface area contributed by atoms with Crippen LogP contribution >= 0.6 is 0 Å². The Morgan fingerprint density at radius 3 is 2.38 bits per heavy atom. The number of quaternary nitrogens is 1. The number of para-hydroxylation sites is 1. The SMILES string of the molecule is COc1ccccc1C(=O)OC(CC(=O)O)C[N+](C)(C)C. The summed E-state index contributed by atoms with van der Waals surface area (Å²) in [4.78, 5) is 23.1. The van der Waals surface area contributed by atoms with Crippen LogP contribution in [0, 0.1) is 0 Å². The van der Waals surface area contributed by atoms with E-state index in [0.717, 1.165) is 0 Å². The standard InChI is InChI=1S/C15H21NO5/c1-16(2,3)10-11(9-14(17)18)21-15(19)12-7-5-6-8-13(12)20-4/h5-8,11H,9-10H2,1-4H3/p+1. The van der Waals surface area contributed by atoms with Crippen LogP contribution in [0.1, 0.15) is 16.8 Å². The number of rotatable bonds is 7. The molecule has 1 aromatic carbocycles. The number of methoxy groups -OCH3 is 1. The summed E-state index contributed by atoms with van der Waals surface area (Å²) in [5.74, 6) is -1.17. The predicted octanol–water partition coefficient (Wildman–Crippen LogP) is 1.40. The molecular formula is C15H22NO5+. The van der Waals surface area contributed by atoms with Gasteiger partial charge in [-0.2, -0.15) is 0 Å². The van der Waals surface area contributed by atoms with Crippen molar-refractivity contribution in [3.8, 4) is 5.75 Å². The van der Waals surface area contributed by atoms with Crippen molar-refractivity contribution in [2.75, 3.05) is 34.8 Å². The first-order chi connectivity index (χ1) is 9.73. The molecule has 0 fully saturated rings. The van der Waals surface area contributed by atoms with Crippen molar-refractivity contribution in [1.29, 1.82) is 0 Å². The Bertz CT molecular complexity index is 507. The molecule has 0 saturated carbocycles. The number of nitrogens with zero attached hydrogens (tertiary/aromatic N) is 1. The molecule has 0 aromatic heterocycles.